The molecule has 1 rings (SSSR count). The molecule has 0 aliphatic heterocycles. The average Bonchev–Trinajstić information content (AvgIpc) is 2.18. The fraction of sp³-hybridized carbons (Fsp3) is 0.222. The number of aryl methyl sites for hydroxylation is 1. The van der Waals surface area contributed by atoms with E-state index < -0.39 is 0 Å². The van der Waals surface area contributed by atoms with E-state index in [0.29, 0.717) is 12.2 Å². The first kappa shape index (κ1) is 10.1. The highest BCUT2D eigenvalue weighted by Crippen LogP contribution is 2.10. The van der Waals surface area contributed by atoms with E-state index in [1.807, 2.05) is 13.0 Å². The number of nitrogens with zero attached hydrogens (tertiary/aromatic N) is 4. The topological polar surface area (TPSA) is 87.7 Å². The van der Waals surface area contributed by atoms with Gasteiger partial charge in [-0.3, -0.25) is 4.98 Å². The first-order valence-corrected chi connectivity index (χ1v) is 4.13. The quantitative estimate of drug-likeness (QED) is 0.449. The van der Waals surface area contributed by atoms with E-state index in [4.69, 9.17) is 11.3 Å². The SMILES string of the molecule is Cc1cc(C=CCN=[N+]=[N-])ncc1N. The van der Waals surface area contributed by atoms with Crippen LogP contribution in [-0.4, -0.2) is 11.5 Å². The highest BCUT2D eigenvalue weighted by Gasteiger charge is 1.93. The second-order valence-corrected chi connectivity index (χ2v) is 2.78. The first-order valence-electron chi connectivity index (χ1n) is 4.13. The summed E-state index contributed by atoms with van der Waals surface area (Å²) in [4.78, 5) is 6.72. The van der Waals surface area contributed by atoms with Crippen LogP contribution in [0.1, 0.15) is 11.3 Å². The summed E-state index contributed by atoms with van der Waals surface area (Å²) in [5, 5.41) is 3.37. The molecule has 0 amide bonds. The van der Waals surface area contributed by atoms with Gasteiger partial charge in [0.2, 0.25) is 0 Å². The van der Waals surface area contributed by atoms with Gasteiger partial charge in [0, 0.05) is 11.5 Å². The summed E-state index contributed by atoms with van der Waals surface area (Å²) in [6, 6.07) is 1.88. The zero-order chi connectivity index (χ0) is 10.4. The normalized spacial score (nSPS) is 10.1. The maximum Gasteiger partial charge on any atom is 0.0630 e. The van der Waals surface area contributed by atoms with Gasteiger partial charge in [-0.15, -0.1) is 0 Å². The fourth-order valence-electron chi connectivity index (χ4n) is 0.937. The summed E-state index contributed by atoms with van der Waals surface area (Å²) in [5.41, 5.74) is 16.1. The highest BCUT2D eigenvalue weighted by molar-refractivity contribution is 5.52. The number of nitrogen functional groups attached to an aromatic ring is 1. The molecule has 2 N–H and O–H groups in total. The molecule has 0 bridgehead atoms. The number of azide groups is 1. The summed E-state index contributed by atoms with van der Waals surface area (Å²) in [6.45, 7) is 2.25. The molecule has 1 aromatic heterocycles. The Morgan fingerprint density at radius 2 is 2.50 bits per heavy atom. The fourth-order valence-corrected chi connectivity index (χ4v) is 0.937. The van der Waals surface area contributed by atoms with Gasteiger partial charge in [-0.2, -0.15) is 0 Å². The minimum Gasteiger partial charge on any atom is -0.397 e. The van der Waals surface area contributed by atoms with E-state index in [9.17, 15) is 0 Å². The zero-order valence-corrected chi connectivity index (χ0v) is 7.88. The van der Waals surface area contributed by atoms with Crippen molar-refractivity contribution < 1.29 is 0 Å². The number of rotatable bonds is 3. The van der Waals surface area contributed by atoms with Crippen molar-refractivity contribution in [3.63, 3.8) is 0 Å². The molecule has 0 fully saturated rings. The second-order valence-electron chi connectivity index (χ2n) is 2.78. The highest BCUT2D eigenvalue weighted by atomic mass is 15.1. The van der Waals surface area contributed by atoms with Crippen molar-refractivity contribution in [2.75, 3.05) is 12.3 Å². The largest absolute Gasteiger partial charge is 0.397 e. The van der Waals surface area contributed by atoms with E-state index >= 15 is 0 Å². The van der Waals surface area contributed by atoms with Crippen LogP contribution < -0.4 is 5.73 Å². The number of anilines is 1. The van der Waals surface area contributed by atoms with Crippen molar-refractivity contribution in [3.8, 4) is 0 Å². The van der Waals surface area contributed by atoms with E-state index in [0.717, 1.165) is 11.3 Å². The Hall–Kier alpha value is -2.00. The van der Waals surface area contributed by atoms with Crippen molar-refractivity contribution in [3.05, 3.63) is 40.0 Å². The Kier molecular flexibility index (Phi) is 3.52. The predicted octanol–water partition coefficient (Wildman–Crippen LogP) is 2.30. The van der Waals surface area contributed by atoms with Gasteiger partial charge in [-0.05, 0) is 30.2 Å². The number of aromatic nitrogens is 1. The van der Waals surface area contributed by atoms with Crippen molar-refractivity contribution >= 4 is 11.8 Å². The van der Waals surface area contributed by atoms with Crippen LogP contribution in [0.3, 0.4) is 0 Å². The summed E-state index contributed by atoms with van der Waals surface area (Å²) in [7, 11) is 0. The van der Waals surface area contributed by atoms with Crippen LogP contribution in [0, 0.1) is 6.92 Å². The van der Waals surface area contributed by atoms with Gasteiger partial charge in [0.05, 0.1) is 17.6 Å². The molecule has 0 spiro atoms. The molecular formula is C9H11N5. The van der Waals surface area contributed by atoms with Crippen LogP contribution in [-0.2, 0) is 0 Å². The van der Waals surface area contributed by atoms with Gasteiger partial charge in [0.15, 0.2) is 0 Å². The van der Waals surface area contributed by atoms with Crippen molar-refractivity contribution in [2.24, 2.45) is 5.11 Å². The lowest BCUT2D eigenvalue weighted by atomic mass is 10.2. The van der Waals surface area contributed by atoms with Crippen molar-refractivity contribution in [1.29, 1.82) is 0 Å². The molecule has 0 atom stereocenters. The summed E-state index contributed by atoms with van der Waals surface area (Å²) in [6.07, 6.45) is 5.15. The maximum atomic E-state index is 8.04. The Morgan fingerprint density at radius 1 is 1.71 bits per heavy atom. The van der Waals surface area contributed by atoms with Crippen molar-refractivity contribution in [1.82, 2.24) is 4.98 Å². The van der Waals surface area contributed by atoms with Gasteiger partial charge in [-0.1, -0.05) is 11.2 Å². The number of nitrogens with two attached hydrogens (primary N) is 1. The lowest BCUT2D eigenvalue weighted by Crippen LogP contribution is -1.92. The molecule has 72 valence electrons. The van der Waals surface area contributed by atoms with Crippen LogP contribution >= 0.6 is 0 Å². The number of hydrogen-bond acceptors (Lipinski definition) is 3. The third-order valence-corrected chi connectivity index (χ3v) is 1.71. The van der Waals surface area contributed by atoms with Crippen LogP contribution in [0.15, 0.2) is 23.5 Å². The standard InChI is InChI=1S/C9H11N5/c1-7-5-8(12-6-9(7)10)3-2-4-13-14-11/h2-3,5-6H,4,10H2,1H3. The molecule has 1 heterocycles. The maximum absolute atomic E-state index is 8.04. The second kappa shape index (κ2) is 4.89. The van der Waals surface area contributed by atoms with Crippen LogP contribution in [0.2, 0.25) is 0 Å². The summed E-state index contributed by atoms with van der Waals surface area (Å²) < 4.78 is 0. The smallest absolute Gasteiger partial charge is 0.0630 e. The molecule has 0 aromatic carbocycles. The molecule has 5 nitrogen and oxygen atoms in total. The monoisotopic (exact) mass is 189 g/mol. The summed E-state index contributed by atoms with van der Waals surface area (Å²) in [5.74, 6) is 0. The van der Waals surface area contributed by atoms with Crippen LogP contribution in [0.4, 0.5) is 5.69 Å². The number of pyridine rings is 1. The third-order valence-electron chi connectivity index (χ3n) is 1.71. The van der Waals surface area contributed by atoms with Gasteiger partial charge in [-0.25, -0.2) is 0 Å². The molecule has 0 saturated carbocycles. The molecule has 0 unspecified atom stereocenters. The molecule has 0 aliphatic rings. The van der Waals surface area contributed by atoms with Gasteiger partial charge < -0.3 is 5.73 Å². The zero-order valence-electron chi connectivity index (χ0n) is 7.88. The molecule has 5 heteroatoms. The Labute approximate surface area is 81.9 Å². The Morgan fingerprint density at radius 3 is 3.14 bits per heavy atom. The summed E-state index contributed by atoms with van der Waals surface area (Å²) >= 11 is 0. The average molecular weight is 189 g/mol. The molecule has 0 saturated heterocycles. The minimum atomic E-state index is 0.335. The lowest BCUT2D eigenvalue weighted by molar-refractivity contribution is 1.21. The van der Waals surface area contributed by atoms with E-state index in [1.54, 1.807) is 18.3 Å². The van der Waals surface area contributed by atoms with Gasteiger partial charge >= 0.3 is 0 Å². The Balaban J connectivity index is 2.72. The van der Waals surface area contributed by atoms with E-state index in [2.05, 4.69) is 15.0 Å². The van der Waals surface area contributed by atoms with E-state index in [1.165, 1.54) is 0 Å². The molecule has 14 heavy (non-hydrogen) atoms. The molecular weight excluding hydrogens is 178 g/mol. The predicted molar refractivity (Wildman–Crippen MR) is 56.4 cm³/mol. The Bertz CT molecular complexity index is 390. The third kappa shape index (κ3) is 2.80. The number of hydrogen-bond donors (Lipinski definition) is 1. The van der Waals surface area contributed by atoms with Crippen LogP contribution in [0.25, 0.3) is 16.5 Å². The first-order chi connectivity index (χ1) is 6.74. The molecule has 0 radical (unpaired) electrons. The van der Waals surface area contributed by atoms with Gasteiger partial charge in [0.1, 0.15) is 0 Å². The molecule has 1 aromatic rings. The van der Waals surface area contributed by atoms with Crippen LogP contribution in [0.5, 0.6) is 0 Å². The molecule has 0 aliphatic carbocycles. The van der Waals surface area contributed by atoms with Crippen molar-refractivity contribution in [2.45, 2.75) is 6.92 Å². The van der Waals surface area contributed by atoms with Gasteiger partial charge in [0.25, 0.3) is 0 Å². The van der Waals surface area contributed by atoms with E-state index in [-0.39, 0.29) is 0 Å². The lowest BCUT2D eigenvalue weighted by Gasteiger charge is -1.99. The minimum absolute atomic E-state index is 0.335.